The van der Waals surface area contributed by atoms with Crippen LogP contribution in [0, 0.1) is 5.82 Å². The number of nitrogens with zero attached hydrogens (tertiary/aromatic N) is 4. The van der Waals surface area contributed by atoms with Crippen LogP contribution in [-0.4, -0.2) is 25.8 Å². The van der Waals surface area contributed by atoms with Crippen LogP contribution in [-0.2, 0) is 16.8 Å². The van der Waals surface area contributed by atoms with Gasteiger partial charge in [-0.1, -0.05) is 22.8 Å². The number of hydrogen-bond donors (Lipinski definition) is 1. The molecule has 1 aliphatic rings. The maximum absolute atomic E-state index is 14.4. The second-order valence-corrected chi connectivity index (χ2v) is 7.20. The van der Waals surface area contributed by atoms with Gasteiger partial charge in [0.15, 0.2) is 11.5 Å². The number of hydrogen-bond acceptors (Lipinski definition) is 5. The van der Waals surface area contributed by atoms with Crippen LogP contribution < -0.4 is 5.73 Å². The third-order valence-electron chi connectivity index (χ3n) is 4.79. The zero-order chi connectivity index (χ0) is 20.1. The first-order valence-electron chi connectivity index (χ1n) is 8.61. The van der Waals surface area contributed by atoms with E-state index in [4.69, 9.17) is 21.9 Å². The summed E-state index contributed by atoms with van der Waals surface area (Å²) in [5.41, 5.74) is 5.13. The quantitative estimate of drug-likeness (QED) is 0.675. The molecule has 1 amide bonds. The third-order valence-corrected chi connectivity index (χ3v) is 5.10. The standard InChI is InChI=1S/C18H16ClF2N5O2/c1-9(20)13-7-12(24-26(13)8-14(22)27)16-23-17(25-28-16)18(5-6-18)15-10(19)3-2-4-11(15)21/h2-4,7,9H,5-6,8H2,1H3,(H2,22,27). The van der Waals surface area contributed by atoms with Crippen LogP contribution >= 0.6 is 11.6 Å². The van der Waals surface area contributed by atoms with Crippen molar-refractivity contribution < 1.29 is 18.1 Å². The Balaban J connectivity index is 1.72. The van der Waals surface area contributed by atoms with E-state index in [1.807, 2.05) is 0 Å². The number of carbonyl (C=O) groups is 1. The normalized spacial score (nSPS) is 16.1. The second-order valence-electron chi connectivity index (χ2n) is 6.80. The van der Waals surface area contributed by atoms with Crippen LogP contribution in [0.2, 0.25) is 5.02 Å². The van der Waals surface area contributed by atoms with E-state index in [1.54, 1.807) is 6.07 Å². The highest BCUT2D eigenvalue weighted by atomic mass is 35.5. The lowest BCUT2D eigenvalue weighted by Crippen LogP contribution is -2.21. The average Bonchev–Trinajstić information content (AvgIpc) is 3.06. The number of aromatic nitrogens is 4. The molecule has 28 heavy (non-hydrogen) atoms. The molecule has 0 spiro atoms. The summed E-state index contributed by atoms with van der Waals surface area (Å²) in [6.45, 7) is 1.04. The van der Waals surface area contributed by atoms with Crippen LogP contribution in [0.1, 0.15) is 43.0 Å². The zero-order valence-corrected chi connectivity index (χ0v) is 15.6. The monoisotopic (exact) mass is 407 g/mol. The molecule has 2 aromatic heterocycles. The Hall–Kier alpha value is -2.81. The molecule has 10 heteroatoms. The fraction of sp³-hybridized carbons (Fsp3) is 0.333. The van der Waals surface area contributed by atoms with Crippen LogP contribution in [0.4, 0.5) is 8.78 Å². The van der Waals surface area contributed by atoms with E-state index in [2.05, 4.69) is 15.2 Å². The number of alkyl halides is 1. The molecule has 0 saturated heterocycles. The fourth-order valence-corrected chi connectivity index (χ4v) is 3.66. The maximum atomic E-state index is 14.4. The van der Waals surface area contributed by atoms with Crippen LogP contribution in [0.15, 0.2) is 28.8 Å². The lowest BCUT2D eigenvalue weighted by molar-refractivity contribution is -0.118. The molecule has 1 atom stereocenters. The predicted octanol–water partition coefficient (Wildman–Crippen LogP) is 3.32. The summed E-state index contributed by atoms with van der Waals surface area (Å²) < 4.78 is 34.7. The Bertz CT molecular complexity index is 1040. The summed E-state index contributed by atoms with van der Waals surface area (Å²) in [5, 5.41) is 8.42. The van der Waals surface area contributed by atoms with Gasteiger partial charge in [0.25, 0.3) is 5.89 Å². The molecule has 1 saturated carbocycles. The molecular formula is C18H16ClF2N5O2. The summed E-state index contributed by atoms with van der Waals surface area (Å²) in [6, 6.07) is 5.90. The smallest absolute Gasteiger partial charge is 0.278 e. The van der Waals surface area contributed by atoms with Crippen molar-refractivity contribution in [2.75, 3.05) is 0 Å². The Morgan fingerprint density at radius 3 is 2.82 bits per heavy atom. The van der Waals surface area contributed by atoms with Crippen molar-refractivity contribution in [3.63, 3.8) is 0 Å². The van der Waals surface area contributed by atoms with Gasteiger partial charge in [0, 0.05) is 10.6 Å². The second kappa shape index (κ2) is 6.66. The Labute approximate surface area is 163 Å². The largest absolute Gasteiger partial charge is 0.368 e. The number of rotatable bonds is 6. The minimum absolute atomic E-state index is 0.0406. The molecule has 0 aliphatic heterocycles. The molecule has 1 unspecified atom stereocenters. The lowest BCUT2D eigenvalue weighted by atomic mass is 9.94. The fourth-order valence-electron chi connectivity index (χ4n) is 3.32. The minimum atomic E-state index is -1.38. The van der Waals surface area contributed by atoms with Crippen molar-refractivity contribution in [2.24, 2.45) is 5.73 Å². The van der Waals surface area contributed by atoms with Gasteiger partial charge in [-0.3, -0.25) is 9.48 Å². The van der Waals surface area contributed by atoms with Crippen molar-refractivity contribution in [3.05, 3.63) is 52.2 Å². The summed E-state index contributed by atoms with van der Waals surface area (Å²) in [6.07, 6.45) is -0.139. The molecule has 0 radical (unpaired) electrons. The van der Waals surface area contributed by atoms with E-state index in [9.17, 15) is 13.6 Å². The van der Waals surface area contributed by atoms with E-state index in [0.717, 1.165) is 4.68 Å². The van der Waals surface area contributed by atoms with Gasteiger partial charge in [0.2, 0.25) is 5.91 Å². The van der Waals surface area contributed by atoms with Gasteiger partial charge in [-0.25, -0.2) is 8.78 Å². The number of halogens is 3. The molecule has 3 aromatic rings. The molecule has 4 rings (SSSR count). The highest BCUT2D eigenvalue weighted by Crippen LogP contribution is 2.55. The van der Waals surface area contributed by atoms with Gasteiger partial charge in [0.05, 0.1) is 11.1 Å². The topological polar surface area (TPSA) is 99.8 Å². The molecule has 7 nitrogen and oxygen atoms in total. The van der Waals surface area contributed by atoms with Gasteiger partial charge in [-0.2, -0.15) is 10.1 Å². The van der Waals surface area contributed by atoms with Crippen molar-refractivity contribution in [2.45, 2.75) is 37.9 Å². The molecule has 1 fully saturated rings. The number of primary amides is 1. The summed E-state index contributed by atoms with van der Waals surface area (Å²) in [4.78, 5) is 15.5. The van der Waals surface area contributed by atoms with Gasteiger partial charge in [-0.05, 0) is 38.0 Å². The Morgan fingerprint density at radius 2 is 2.21 bits per heavy atom. The van der Waals surface area contributed by atoms with E-state index in [1.165, 1.54) is 25.1 Å². The van der Waals surface area contributed by atoms with E-state index >= 15 is 0 Å². The average molecular weight is 408 g/mol. The molecule has 1 aliphatic carbocycles. The van der Waals surface area contributed by atoms with Crippen molar-refractivity contribution in [1.29, 1.82) is 0 Å². The highest BCUT2D eigenvalue weighted by molar-refractivity contribution is 6.31. The number of amides is 1. The summed E-state index contributed by atoms with van der Waals surface area (Å²) in [7, 11) is 0. The first-order chi connectivity index (χ1) is 13.3. The molecule has 1 aromatic carbocycles. The van der Waals surface area contributed by atoms with Gasteiger partial charge >= 0.3 is 0 Å². The van der Waals surface area contributed by atoms with E-state index in [0.29, 0.717) is 23.4 Å². The van der Waals surface area contributed by atoms with Crippen molar-refractivity contribution in [1.82, 2.24) is 19.9 Å². The summed E-state index contributed by atoms with van der Waals surface area (Å²) in [5.74, 6) is -0.767. The van der Waals surface area contributed by atoms with Crippen LogP contribution in [0.5, 0.6) is 0 Å². The first-order valence-corrected chi connectivity index (χ1v) is 8.99. The zero-order valence-electron chi connectivity index (χ0n) is 14.8. The molecule has 2 heterocycles. The van der Waals surface area contributed by atoms with Crippen LogP contribution in [0.3, 0.4) is 0 Å². The van der Waals surface area contributed by atoms with E-state index in [-0.39, 0.29) is 29.6 Å². The molecule has 2 N–H and O–H groups in total. The minimum Gasteiger partial charge on any atom is -0.368 e. The third kappa shape index (κ3) is 3.05. The molecule has 0 bridgehead atoms. The Kier molecular flexibility index (Phi) is 4.41. The van der Waals surface area contributed by atoms with Gasteiger partial charge < -0.3 is 10.3 Å². The van der Waals surface area contributed by atoms with Crippen molar-refractivity contribution >= 4 is 17.5 Å². The van der Waals surface area contributed by atoms with Gasteiger partial charge in [0.1, 0.15) is 18.5 Å². The lowest BCUT2D eigenvalue weighted by Gasteiger charge is -2.13. The first kappa shape index (κ1) is 18.5. The maximum Gasteiger partial charge on any atom is 0.278 e. The summed E-state index contributed by atoms with van der Waals surface area (Å²) >= 11 is 6.21. The van der Waals surface area contributed by atoms with E-state index < -0.39 is 23.3 Å². The number of nitrogens with two attached hydrogens (primary N) is 1. The van der Waals surface area contributed by atoms with Gasteiger partial charge in [-0.15, -0.1) is 0 Å². The molecular weight excluding hydrogens is 392 g/mol. The number of benzene rings is 1. The van der Waals surface area contributed by atoms with Crippen molar-refractivity contribution in [3.8, 4) is 11.6 Å². The Morgan fingerprint density at radius 1 is 1.46 bits per heavy atom. The highest BCUT2D eigenvalue weighted by Gasteiger charge is 2.52. The number of carbonyl (C=O) groups excluding carboxylic acids is 1. The SMILES string of the molecule is CC(F)c1cc(-c2nc(C3(c4c(F)cccc4Cl)CC3)no2)nn1CC(N)=O. The molecule has 146 valence electrons. The predicted molar refractivity (Wildman–Crippen MR) is 95.7 cm³/mol. The van der Waals surface area contributed by atoms with Crippen LogP contribution in [0.25, 0.3) is 11.6 Å².